The van der Waals surface area contributed by atoms with Crippen molar-refractivity contribution < 1.29 is 31.8 Å². The number of nitrogens with two attached hydrogens (primary N) is 1. The van der Waals surface area contributed by atoms with E-state index in [9.17, 15) is 22.4 Å². The Hall–Kier alpha value is -1.94. The van der Waals surface area contributed by atoms with Crippen LogP contribution in [0.2, 0.25) is 0 Å². The van der Waals surface area contributed by atoms with Gasteiger partial charge >= 0.3 is 12.3 Å². The average molecular weight is 393 g/mol. The normalized spacial score (nSPS) is 16.0. The van der Waals surface area contributed by atoms with Gasteiger partial charge in [0.2, 0.25) is 5.88 Å². The minimum absolute atomic E-state index is 0.103. The number of nitrogens with zero attached hydrogens (tertiary/aromatic N) is 2. The van der Waals surface area contributed by atoms with E-state index in [1.807, 2.05) is 0 Å². The fourth-order valence-corrected chi connectivity index (χ4v) is 2.57. The summed E-state index contributed by atoms with van der Waals surface area (Å²) < 4.78 is 60.1. The third-order valence-corrected chi connectivity index (χ3v) is 4.15. The zero-order chi connectivity index (χ0) is 19.9. The summed E-state index contributed by atoms with van der Waals surface area (Å²) in [6.45, 7) is 0.757. The molecule has 1 aliphatic heterocycles. The van der Waals surface area contributed by atoms with Gasteiger partial charge in [0, 0.05) is 32.0 Å². The Labute approximate surface area is 154 Å². The van der Waals surface area contributed by atoms with Crippen LogP contribution in [0.25, 0.3) is 0 Å². The summed E-state index contributed by atoms with van der Waals surface area (Å²) >= 11 is 0. The number of halogens is 4. The molecule has 0 unspecified atom stereocenters. The van der Waals surface area contributed by atoms with Crippen LogP contribution < -0.4 is 10.5 Å². The van der Waals surface area contributed by atoms with Crippen LogP contribution in [0.3, 0.4) is 0 Å². The molecular weight excluding hydrogens is 370 g/mol. The Morgan fingerprint density at radius 3 is 2.59 bits per heavy atom. The van der Waals surface area contributed by atoms with Gasteiger partial charge in [-0.3, -0.25) is 4.79 Å². The van der Waals surface area contributed by atoms with Gasteiger partial charge in [0.25, 0.3) is 5.91 Å². The second-order valence-electron chi connectivity index (χ2n) is 6.24. The van der Waals surface area contributed by atoms with Gasteiger partial charge in [0.1, 0.15) is 0 Å². The van der Waals surface area contributed by atoms with Crippen molar-refractivity contribution in [3.63, 3.8) is 0 Å². The van der Waals surface area contributed by atoms with Gasteiger partial charge in [-0.15, -0.1) is 0 Å². The zero-order valence-corrected chi connectivity index (χ0v) is 14.8. The lowest BCUT2D eigenvalue weighted by molar-refractivity contribution is -0.148. The summed E-state index contributed by atoms with van der Waals surface area (Å²) in [6.07, 6.45) is -0.308. The average Bonchev–Trinajstić information content (AvgIpc) is 2.67. The van der Waals surface area contributed by atoms with E-state index < -0.39 is 19.0 Å². The van der Waals surface area contributed by atoms with E-state index in [4.69, 9.17) is 10.5 Å². The second kappa shape index (κ2) is 9.84. The molecule has 1 aromatic rings. The number of amides is 1. The number of piperidine rings is 1. The molecule has 0 spiro atoms. The van der Waals surface area contributed by atoms with Crippen LogP contribution in [-0.2, 0) is 4.74 Å². The van der Waals surface area contributed by atoms with Gasteiger partial charge in [0.15, 0.2) is 6.61 Å². The first-order chi connectivity index (χ1) is 12.8. The molecule has 27 heavy (non-hydrogen) atoms. The largest absolute Gasteiger partial charge is 0.471 e. The van der Waals surface area contributed by atoms with Gasteiger partial charge in [0.05, 0.1) is 11.7 Å². The maximum absolute atomic E-state index is 12.8. The molecule has 1 amide bonds. The number of alkyl halides is 4. The summed E-state index contributed by atoms with van der Waals surface area (Å²) in [4.78, 5) is 17.8. The van der Waals surface area contributed by atoms with Crippen LogP contribution in [0.5, 0.6) is 5.88 Å². The standard InChI is InChI=1S/C17H23F4N3O3/c18-16(19)17(20,21)11-27-14-3-2-12(10-23-14)15(25)24-7-4-13(5-8-24)26-9-1-6-22/h2-3,10,13,16H,1,4-9,11,22H2. The summed E-state index contributed by atoms with van der Waals surface area (Å²) in [5, 5.41) is 0. The minimum atomic E-state index is -4.26. The maximum atomic E-state index is 12.8. The van der Waals surface area contributed by atoms with E-state index in [-0.39, 0.29) is 23.5 Å². The third-order valence-electron chi connectivity index (χ3n) is 4.15. The Morgan fingerprint density at radius 2 is 2.04 bits per heavy atom. The molecule has 6 nitrogen and oxygen atoms in total. The van der Waals surface area contributed by atoms with E-state index in [0.29, 0.717) is 39.1 Å². The molecular formula is C17H23F4N3O3. The SMILES string of the molecule is NCCCOC1CCN(C(=O)c2ccc(OCC(F)(F)C(F)F)nc2)CC1. The third kappa shape index (κ3) is 6.31. The molecule has 2 rings (SSSR count). The van der Waals surface area contributed by atoms with Crippen LogP contribution in [0.1, 0.15) is 29.6 Å². The van der Waals surface area contributed by atoms with E-state index in [0.717, 1.165) is 6.42 Å². The van der Waals surface area contributed by atoms with Crippen LogP contribution in [0.4, 0.5) is 17.6 Å². The predicted molar refractivity (Wildman–Crippen MR) is 89.2 cm³/mol. The van der Waals surface area contributed by atoms with Crippen molar-refractivity contribution in [2.45, 2.75) is 37.7 Å². The van der Waals surface area contributed by atoms with Crippen LogP contribution >= 0.6 is 0 Å². The smallest absolute Gasteiger partial charge is 0.340 e. The number of carbonyl (C=O) groups is 1. The predicted octanol–water partition coefficient (Wildman–Crippen LogP) is 2.33. The number of ether oxygens (including phenoxy) is 2. The maximum Gasteiger partial charge on any atom is 0.340 e. The zero-order valence-electron chi connectivity index (χ0n) is 14.8. The first-order valence-electron chi connectivity index (χ1n) is 8.69. The van der Waals surface area contributed by atoms with E-state index in [1.54, 1.807) is 4.90 Å². The molecule has 0 bridgehead atoms. The number of hydrogen-bond acceptors (Lipinski definition) is 5. The van der Waals surface area contributed by atoms with Crippen molar-refractivity contribution in [1.29, 1.82) is 0 Å². The van der Waals surface area contributed by atoms with Crippen molar-refractivity contribution in [1.82, 2.24) is 9.88 Å². The fourth-order valence-electron chi connectivity index (χ4n) is 2.57. The highest BCUT2D eigenvalue weighted by Crippen LogP contribution is 2.24. The molecule has 2 N–H and O–H groups in total. The van der Waals surface area contributed by atoms with Crippen molar-refractivity contribution in [3.8, 4) is 5.88 Å². The van der Waals surface area contributed by atoms with Crippen LogP contribution in [0, 0.1) is 0 Å². The van der Waals surface area contributed by atoms with Gasteiger partial charge in [-0.2, -0.15) is 8.78 Å². The summed E-state index contributed by atoms with van der Waals surface area (Å²) in [6, 6.07) is 2.58. The molecule has 1 aliphatic rings. The summed E-state index contributed by atoms with van der Waals surface area (Å²) in [7, 11) is 0. The first kappa shape index (κ1) is 21.4. The van der Waals surface area contributed by atoms with Crippen molar-refractivity contribution >= 4 is 5.91 Å². The number of likely N-dealkylation sites (tertiary alicyclic amines) is 1. The van der Waals surface area contributed by atoms with Crippen molar-refractivity contribution in [2.75, 3.05) is 32.8 Å². The summed E-state index contributed by atoms with van der Waals surface area (Å²) in [5.74, 6) is -4.75. The van der Waals surface area contributed by atoms with E-state index >= 15 is 0 Å². The minimum Gasteiger partial charge on any atom is -0.471 e. The molecule has 0 saturated carbocycles. The van der Waals surface area contributed by atoms with Crippen molar-refractivity contribution in [3.05, 3.63) is 23.9 Å². The van der Waals surface area contributed by atoms with Crippen molar-refractivity contribution in [2.24, 2.45) is 5.73 Å². The number of carbonyl (C=O) groups excluding carboxylic acids is 1. The van der Waals surface area contributed by atoms with Crippen LogP contribution in [0.15, 0.2) is 18.3 Å². The molecule has 1 aromatic heterocycles. The molecule has 0 aliphatic carbocycles. The number of hydrogen-bond donors (Lipinski definition) is 1. The molecule has 1 fully saturated rings. The molecule has 0 radical (unpaired) electrons. The van der Waals surface area contributed by atoms with Gasteiger partial charge in [-0.25, -0.2) is 13.8 Å². The summed E-state index contributed by atoms with van der Waals surface area (Å²) in [5.41, 5.74) is 5.69. The lowest BCUT2D eigenvalue weighted by Gasteiger charge is -2.32. The molecule has 1 saturated heterocycles. The number of pyridine rings is 1. The molecule has 152 valence electrons. The molecule has 10 heteroatoms. The van der Waals surface area contributed by atoms with Gasteiger partial charge < -0.3 is 20.1 Å². The van der Waals surface area contributed by atoms with Gasteiger partial charge in [-0.05, 0) is 31.9 Å². The molecule has 0 aromatic carbocycles. The fraction of sp³-hybridized carbons (Fsp3) is 0.647. The highest BCUT2D eigenvalue weighted by Gasteiger charge is 2.41. The Morgan fingerprint density at radius 1 is 1.33 bits per heavy atom. The molecule has 0 atom stereocenters. The number of rotatable bonds is 9. The lowest BCUT2D eigenvalue weighted by atomic mass is 10.1. The lowest BCUT2D eigenvalue weighted by Crippen LogP contribution is -2.41. The highest BCUT2D eigenvalue weighted by molar-refractivity contribution is 5.94. The molecule has 2 heterocycles. The van der Waals surface area contributed by atoms with E-state index in [1.165, 1.54) is 18.3 Å². The highest BCUT2D eigenvalue weighted by atomic mass is 19.3. The monoisotopic (exact) mass is 393 g/mol. The number of aromatic nitrogens is 1. The topological polar surface area (TPSA) is 77.7 Å². The Kier molecular flexibility index (Phi) is 7.78. The quantitative estimate of drug-likeness (QED) is 0.515. The first-order valence-corrected chi connectivity index (χ1v) is 8.69. The Bertz CT molecular complexity index is 594. The second-order valence-corrected chi connectivity index (χ2v) is 6.24. The Balaban J connectivity index is 1.82. The van der Waals surface area contributed by atoms with E-state index in [2.05, 4.69) is 9.72 Å². The van der Waals surface area contributed by atoms with Gasteiger partial charge in [-0.1, -0.05) is 0 Å². The van der Waals surface area contributed by atoms with Crippen LogP contribution in [-0.4, -0.2) is 67.1 Å².